The maximum Gasteiger partial charge on any atom is 0.257 e. The van der Waals surface area contributed by atoms with E-state index in [-0.39, 0.29) is 12.5 Å². The van der Waals surface area contributed by atoms with Crippen LogP contribution in [0.2, 0.25) is 0 Å². The van der Waals surface area contributed by atoms with Crippen molar-refractivity contribution in [3.8, 4) is 11.8 Å². The van der Waals surface area contributed by atoms with Gasteiger partial charge in [-0.2, -0.15) is 5.26 Å². The highest BCUT2D eigenvalue weighted by Gasteiger charge is 2.15. The highest BCUT2D eigenvalue weighted by molar-refractivity contribution is 9.12. The Morgan fingerprint density at radius 1 is 1.40 bits per heavy atom. The fourth-order valence-corrected chi connectivity index (χ4v) is 4.28. The van der Waals surface area contributed by atoms with Crippen LogP contribution in [0.5, 0.6) is 5.75 Å². The summed E-state index contributed by atoms with van der Waals surface area (Å²) in [6.07, 6.45) is 0. The average molecular weight is 416 g/mol. The first-order chi connectivity index (χ1) is 9.61. The molecule has 0 spiro atoms. The molecule has 1 aromatic heterocycles. The summed E-state index contributed by atoms with van der Waals surface area (Å²) in [5, 5.41) is 11.3. The SMILES string of the molecule is N#CCOc1ccccc1NC(=O)c1cc(Br)sc1Br. The lowest BCUT2D eigenvalue weighted by Crippen LogP contribution is -2.12. The average Bonchev–Trinajstić information content (AvgIpc) is 2.77. The second kappa shape index (κ2) is 6.88. The van der Waals surface area contributed by atoms with Crippen molar-refractivity contribution >= 4 is 54.8 Å². The van der Waals surface area contributed by atoms with Crippen molar-refractivity contribution in [2.75, 3.05) is 11.9 Å². The Hall–Kier alpha value is -1.36. The maximum atomic E-state index is 12.2. The molecule has 2 rings (SSSR count). The number of amides is 1. The standard InChI is InChI=1S/C13H8Br2N2O2S/c14-11-7-8(12(15)20-11)13(18)17-9-3-1-2-4-10(9)19-6-5-16/h1-4,7H,6H2,(H,17,18). The van der Waals surface area contributed by atoms with Crippen LogP contribution in [0.25, 0.3) is 0 Å². The Morgan fingerprint density at radius 2 is 2.15 bits per heavy atom. The number of hydrogen-bond donors (Lipinski definition) is 1. The molecule has 0 radical (unpaired) electrons. The van der Waals surface area contributed by atoms with Crippen LogP contribution in [0.15, 0.2) is 37.9 Å². The van der Waals surface area contributed by atoms with E-state index in [2.05, 4.69) is 37.2 Å². The normalized spacial score (nSPS) is 9.85. The minimum Gasteiger partial charge on any atom is -0.477 e. The summed E-state index contributed by atoms with van der Waals surface area (Å²) in [7, 11) is 0. The largest absolute Gasteiger partial charge is 0.477 e. The van der Waals surface area contributed by atoms with Gasteiger partial charge in [-0.1, -0.05) is 12.1 Å². The number of nitrogens with one attached hydrogen (secondary N) is 1. The highest BCUT2D eigenvalue weighted by Crippen LogP contribution is 2.33. The molecule has 0 aliphatic rings. The zero-order valence-corrected chi connectivity index (χ0v) is 14.0. The predicted octanol–water partition coefficient (Wildman–Crippen LogP) is 4.43. The van der Waals surface area contributed by atoms with E-state index in [1.165, 1.54) is 11.3 Å². The Kier molecular flexibility index (Phi) is 5.17. The van der Waals surface area contributed by atoms with Crippen molar-refractivity contribution in [1.29, 1.82) is 5.26 Å². The Bertz CT molecular complexity index is 679. The van der Waals surface area contributed by atoms with Crippen LogP contribution < -0.4 is 10.1 Å². The van der Waals surface area contributed by atoms with E-state index in [1.807, 2.05) is 6.07 Å². The molecule has 1 amide bonds. The predicted molar refractivity (Wildman–Crippen MR) is 85.2 cm³/mol. The van der Waals surface area contributed by atoms with Gasteiger partial charge in [0.1, 0.15) is 11.8 Å². The molecule has 7 heteroatoms. The van der Waals surface area contributed by atoms with Crippen molar-refractivity contribution in [3.05, 3.63) is 43.5 Å². The summed E-state index contributed by atoms with van der Waals surface area (Å²) in [4.78, 5) is 12.2. The summed E-state index contributed by atoms with van der Waals surface area (Å²) >= 11 is 8.10. The molecule has 1 aromatic carbocycles. The quantitative estimate of drug-likeness (QED) is 0.803. The molecule has 20 heavy (non-hydrogen) atoms. The first-order valence-corrected chi connectivity index (χ1v) is 7.87. The lowest BCUT2D eigenvalue weighted by Gasteiger charge is -2.10. The first kappa shape index (κ1) is 15.0. The van der Waals surface area contributed by atoms with Gasteiger partial charge < -0.3 is 10.1 Å². The minimum absolute atomic E-state index is 0.0689. The van der Waals surface area contributed by atoms with Gasteiger partial charge in [-0.15, -0.1) is 11.3 Å². The van der Waals surface area contributed by atoms with Gasteiger partial charge in [-0.25, -0.2) is 0 Å². The summed E-state index contributed by atoms with van der Waals surface area (Å²) in [6.45, 7) is -0.0689. The summed E-state index contributed by atoms with van der Waals surface area (Å²) in [6, 6.07) is 10.6. The number of carbonyl (C=O) groups is 1. The maximum absolute atomic E-state index is 12.2. The van der Waals surface area contributed by atoms with Crippen LogP contribution in [0, 0.1) is 11.3 Å². The number of halogens is 2. The number of ether oxygens (including phenoxy) is 1. The summed E-state index contributed by atoms with van der Waals surface area (Å²) < 4.78 is 6.88. The monoisotopic (exact) mass is 414 g/mol. The third kappa shape index (κ3) is 3.60. The van der Waals surface area contributed by atoms with Gasteiger partial charge in [-0.3, -0.25) is 4.79 Å². The van der Waals surface area contributed by atoms with Gasteiger partial charge in [0.2, 0.25) is 0 Å². The van der Waals surface area contributed by atoms with Gasteiger partial charge in [0, 0.05) is 0 Å². The van der Waals surface area contributed by atoms with Crippen molar-refractivity contribution < 1.29 is 9.53 Å². The van der Waals surface area contributed by atoms with Gasteiger partial charge in [0.15, 0.2) is 6.61 Å². The van der Waals surface area contributed by atoms with E-state index in [9.17, 15) is 4.79 Å². The van der Waals surface area contributed by atoms with Gasteiger partial charge >= 0.3 is 0 Å². The zero-order valence-electron chi connectivity index (χ0n) is 10.0. The van der Waals surface area contributed by atoms with E-state index in [0.29, 0.717) is 17.0 Å². The molecule has 0 aliphatic heterocycles. The molecule has 0 aliphatic carbocycles. The summed E-state index contributed by atoms with van der Waals surface area (Å²) in [5.74, 6) is 0.222. The number of carbonyl (C=O) groups excluding carboxylic acids is 1. The van der Waals surface area contributed by atoms with Gasteiger partial charge in [0.25, 0.3) is 5.91 Å². The molecule has 1 heterocycles. The number of para-hydroxylation sites is 2. The van der Waals surface area contributed by atoms with Crippen LogP contribution in [0.4, 0.5) is 5.69 Å². The third-order valence-corrected chi connectivity index (χ3v) is 4.67. The fraction of sp³-hybridized carbons (Fsp3) is 0.0769. The molecule has 0 fully saturated rings. The Morgan fingerprint density at radius 3 is 2.80 bits per heavy atom. The number of thiophene rings is 1. The summed E-state index contributed by atoms with van der Waals surface area (Å²) in [5.41, 5.74) is 1.07. The first-order valence-electron chi connectivity index (χ1n) is 5.46. The second-order valence-electron chi connectivity index (χ2n) is 3.63. The van der Waals surface area contributed by atoms with Gasteiger partial charge in [0.05, 0.1) is 18.8 Å². The van der Waals surface area contributed by atoms with Gasteiger partial charge in [-0.05, 0) is 50.1 Å². The molecule has 0 bridgehead atoms. The zero-order chi connectivity index (χ0) is 14.5. The number of rotatable bonds is 4. The molecule has 0 atom stereocenters. The van der Waals surface area contributed by atoms with E-state index in [4.69, 9.17) is 10.00 Å². The lowest BCUT2D eigenvalue weighted by atomic mass is 10.2. The fourth-order valence-electron chi connectivity index (χ4n) is 1.49. The van der Waals surface area contributed by atoms with Crippen molar-refractivity contribution in [2.24, 2.45) is 0 Å². The van der Waals surface area contributed by atoms with Crippen LogP contribution in [0.3, 0.4) is 0 Å². The van der Waals surface area contributed by atoms with Crippen molar-refractivity contribution in [1.82, 2.24) is 0 Å². The Labute approximate surface area is 136 Å². The highest BCUT2D eigenvalue weighted by atomic mass is 79.9. The topological polar surface area (TPSA) is 62.1 Å². The molecule has 1 N–H and O–H groups in total. The molecule has 0 saturated carbocycles. The number of hydrogen-bond acceptors (Lipinski definition) is 4. The van der Waals surface area contributed by atoms with Crippen LogP contribution >= 0.6 is 43.2 Å². The number of benzene rings is 1. The smallest absolute Gasteiger partial charge is 0.257 e. The van der Waals surface area contributed by atoms with E-state index in [1.54, 1.807) is 30.3 Å². The van der Waals surface area contributed by atoms with Crippen LogP contribution in [0.1, 0.15) is 10.4 Å². The Balaban J connectivity index is 2.20. The second-order valence-corrected chi connectivity index (χ2v) is 7.38. The molecule has 102 valence electrons. The van der Waals surface area contributed by atoms with Crippen LogP contribution in [-0.2, 0) is 0 Å². The van der Waals surface area contributed by atoms with E-state index < -0.39 is 0 Å². The van der Waals surface area contributed by atoms with Crippen LogP contribution in [-0.4, -0.2) is 12.5 Å². The molecule has 0 saturated heterocycles. The molecule has 4 nitrogen and oxygen atoms in total. The number of nitriles is 1. The third-order valence-electron chi connectivity index (χ3n) is 2.33. The molecular formula is C13H8Br2N2O2S. The molecule has 0 unspecified atom stereocenters. The van der Waals surface area contributed by atoms with E-state index >= 15 is 0 Å². The molecule has 2 aromatic rings. The number of nitrogens with zero attached hydrogens (tertiary/aromatic N) is 1. The molecular weight excluding hydrogens is 408 g/mol. The van der Waals surface area contributed by atoms with E-state index in [0.717, 1.165) is 7.57 Å². The van der Waals surface area contributed by atoms with Crippen molar-refractivity contribution in [3.63, 3.8) is 0 Å². The number of anilines is 1. The van der Waals surface area contributed by atoms with Crippen molar-refractivity contribution in [2.45, 2.75) is 0 Å². The minimum atomic E-state index is -0.244. The lowest BCUT2D eigenvalue weighted by molar-refractivity contribution is 0.102.